The Hall–Kier alpha value is -0.900. The van der Waals surface area contributed by atoms with Crippen LogP contribution < -0.4 is 5.73 Å². The zero-order valence-corrected chi connectivity index (χ0v) is 10.0. The second-order valence-electron chi connectivity index (χ2n) is 4.74. The number of nitrogens with two attached hydrogens (primary N) is 1. The fourth-order valence-corrected chi connectivity index (χ4v) is 1.70. The molecule has 0 radical (unpaired) electrons. The van der Waals surface area contributed by atoms with Crippen molar-refractivity contribution in [3.63, 3.8) is 0 Å². The molecular formula is C11H22N4. The van der Waals surface area contributed by atoms with Gasteiger partial charge in [0.25, 0.3) is 0 Å². The summed E-state index contributed by atoms with van der Waals surface area (Å²) in [7, 11) is 0. The van der Waals surface area contributed by atoms with E-state index in [1.165, 1.54) is 0 Å². The molecule has 0 aromatic carbocycles. The smallest absolute Gasteiger partial charge is 0.132 e. The van der Waals surface area contributed by atoms with Gasteiger partial charge in [-0.25, -0.2) is 0 Å². The molecule has 15 heavy (non-hydrogen) atoms. The maximum atomic E-state index is 5.59. The Morgan fingerprint density at radius 3 is 2.73 bits per heavy atom. The summed E-state index contributed by atoms with van der Waals surface area (Å²) in [6.07, 6.45) is 4.96. The lowest BCUT2D eigenvalue weighted by molar-refractivity contribution is 0.309. The normalized spacial score (nSPS) is 12.0. The maximum Gasteiger partial charge on any atom is 0.132 e. The molecule has 0 bridgehead atoms. The SMILES string of the molecule is CCn1cnnc1CCC(C)(C)CCN. The predicted molar refractivity (Wildman–Crippen MR) is 61.5 cm³/mol. The molecule has 1 aromatic rings. The van der Waals surface area contributed by atoms with Gasteiger partial charge in [0.05, 0.1) is 0 Å². The molecule has 86 valence electrons. The molecule has 0 unspecified atom stereocenters. The third-order valence-electron chi connectivity index (χ3n) is 2.88. The lowest BCUT2D eigenvalue weighted by Gasteiger charge is -2.23. The molecule has 0 saturated heterocycles. The molecule has 1 heterocycles. The molecule has 0 aliphatic heterocycles. The zero-order chi connectivity index (χ0) is 11.3. The summed E-state index contributed by atoms with van der Waals surface area (Å²) < 4.78 is 2.10. The fraction of sp³-hybridized carbons (Fsp3) is 0.818. The van der Waals surface area contributed by atoms with Crippen LogP contribution in [0.5, 0.6) is 0 Å². The first-order valence-electron chi connectivity index (χ1n) is 5.66. The predicted octanol–water partition coefficient (Wildman–Crippen LogP) is 1.61. The standard InChI is InChI=1S/C11H22N4/c1-4-15-9-13-14-10(15)5-6-11(2,3)7-8-12/h9H,4-8,12H2,1-3H3. The van der Waals surface area contributed by atoms with Crippen molar-refractivity contribution >= 4 is 0 Å². The minimum absolute atomic E-state index is 0.305. The van der Waals surface area contributed by atoms with Gasteiger partial charge in [-0.05, 0) is 31.7 Å². The highest BCUT2D eigenvalue weighted by molar-refractivity contribution is 4.87. The number of nitrogens with zero attached hydrogens (tertiary/aromatic N) is 3. The lowest BCUT2D eigenvalue weighted by atomic mass is 9.84. The Morgan fingerprint density at radius 1 is 1.40 bits per heavy atom. The van der Waals surface area contributed by atoms with Crippen LogP contribution in [-0.2, 0) is 13.0 Å². The first-order valence-corrected chi connectivity index (χ1v) is 5.66. The quantitative estimate of drug-likeness (QED) is 0.776. The molecule has 0 aliphatic carbocycles. The molecule has 0 atom stereocenters. The van der Waals surface area contributed by atoms with E-state index < -0.39 is 0 Å². The number of aryl methyl sites for hydroxylation is 2. The number of hydrogen-bond acceptors (Lipinski definition) is 3. The molecule has 0 spiro atoms. The average Bonchev–Trinajstić information content (AvgIpc) is 2.62. The van der Waals surface area contributed by atoms with Crippen LogP contribution in [0.25, 0.3) is 0 Å². The van der Waals surface area contributed by atoms with Crippen molar-refractivity contribution in [2.45, 2.75) is 46.6 Å². The summed E-state index contributed by atoms with van der Waals surface area (Å²) in [5, 5.41) is 8.06. The van der Waals surface area contributed by atoms with Crippen LogP contribution >= 0.6 is 0 Å². The van der Waals surface area contributed by atoms with Gasteiger partial charge in [-0.15, -0.1) is 10.2 Å². The summed E-state index contributed by atoms with van der Waals surface area (Å²) in [6.45, 7) is 8.32. The van der Waals surface area contributed by atoms with Crippen LogP contribution in [0.15, 0.2) is 6.33 Å². The van der Waals surface area contributed by atoms with Crippen LogP contribution in [0.1, 0.15) is 39.4 Å². The molecule has 0 amide bonds. The van der Waals surface area contributed by atoms with Gasteiger partial charge in [-0.1, -0.05) is 13.8 Å². The van der Waals surface area contributed by atoms with E-state index in [9.17, 15) is 0 Å². The Bertz CT molecular complexity index is 291. The van der Waals surface area contributed by atoms with Crippen molar-refractivity contribution < 1.29 is 0 Å². The van der Waals surface area contributed by atoms with Gasteiger partial charge < -0.3 is 10.3 Å². The number of rotatable bonds is 6. The van der Waals surface area contributed by atoms with Crippen molar-refractivity contribution in [1.82, 2.24) is 14.8 Å². The van der Waals surface area contributed by atoms with Gasteiger partial charge in [0.2, 0.25) is 0 Å². The average molecular weight is 210 g/mol. The van der Waals surface area contributed by atoms with Crippen molar-refractivity contribution in [2.75, 3.05) is 6.54 Å². The highest BCUT2D eigenvalue weighted by Gasteiger charge is 2.17. The summed E-state index contributed by atoms with van der Waals surface area (Å²) in [5.74, 6) is 1.09. The van der Waals surface area contributed by atoms with E-state index in [4.69, 9.17) is 5.73 Å². The van der Waals surface area contributed by atoms with E-state index in [2.05, 4.69) is 35.5 Å². The highest BCUT2D eigenvalue weighted by Crippen LogP contribution is 2.25. The largest absolute Gasteiger partial charge is 0.330 e. The Morgan fingerprint density at radius 2 is 2.13 bits per heavy atom. The lowest BCUT2D eigenvalue weighted by Crippen LogP contribution is -2.18. The molecule has 4 heteroatoms. The number of hydrogen-bond donors (Lipinski definition) is 1. The summed E-state index contributed by atoms with van der Waals surface area (Å²) in [6, 6.07) is 0. The first-order chi connectivity index (χ1) is 7.09. The first kappa shape index (κ1) is 12.2. The Balaban J connectivity index is 2.49. The zero-order valence-electron chi connectivity index (χ0n) is 10.0. The van der Waals surface area contributed by atoms with Gasteiger partial charge in [-0.3, -0.25) is 0 Å². The summed E-state index contributed by atoms with van der Waals surface area (Å²) >= 11 is 0. The van der Waals surface area contributed by atoms with Gasteiger partial charge in [0.15, 0.2) is 0 Å². The van der Waals surface area contributed by atoms with Crippen LogP contribution in [0, 0.1) is 5.41 Å². The van der Waals surface area contributed by atoms with E-state index in [0.29, 0.717) is 5.41 Å². The second kappa shape index (κ2) is 5.26. The monoisotopic (exact) mass is 210 g/mol. The van der Waals surface area contributed by atoms with Crippen LogP contribution in [-0.4, -0.2) is 21.3 Å². The minimum Gasteiger partial charge on any atom is -0.330 e. The summed E-state index contributed by atoms with van der Waals surface area (Å²) in [4.78, 5) is 0. The Labute approximate surface area is 91.9 Å². The molecule has 0 fully saturated rings. The maximum absolute atomic E-state index is 5.59. The van der Waals surface area contributed by atoms with E-state index >= 15 is 0 Å². The third-order valence-corrected chi connectivity index (χ3v) is 2.88. The van der Waals surface area contributed by atoms with Crippen molar-refractivity contribution in [2.24, 2.45) is 11.1 Å². The van der Waals surface area contributed by atoms with E-state index in [0.717, 1.165) is 38.2 Å². The molecule has 1 rings (SSSR count). The van der Waals surface area contributed by atoms with E-state index in [1.54, 1.807) is 6.33 Å². The minimum atomic E-state index is 0.305. The fourth-order valence-electron chi connectivity index (χ4n) is 1.70. The van der Waals surface area contributed by atoms with E-state index in [1.807, 2.05) is 0 Å². The van der Waals surface area contributed by atoms with Crippen LogP contribution in [0.3, 0.4) is 0 Å². The topological polar surface area (TPSA) is 56.7 Å². The van der Waals surface area contributed by atoms with Gasteiger partial charge in [0.1, 0.15) is 12.2 Å². The molecule has 0 saturated carbocycles. The number of aromatic nitrogens is 3. The molecule has 4 nitrogen and oxygen atoms in total. The molecular weight excluding hydrogens is 188 g/mol. The summed E-state index contributed by atoms with van der Waals surface area (Å²) in [5.41, 5.74) is 5.89. The van der Waals surface area contributed by atoms with Gasteiger partial charge in [0, 0.05) is 13.0 Å². The van der Waals surface area contributed by atoms with Crippen molar-refractivity contribution in [3.05, 3.63) is 12.2 Å². The van der Waals surface area contributed by atoms with Crippen molar-refractivity contribution in [3.8, 4) is 0 Å². The van der Waals surface area contributed by atoms with E-state index in [-0.39, 0.29) is 0 Å². The van der Waals surface area contributed by atoms with Gasteiger partial charge >= 0.3 is 0 Å². The van der Waals surface area contributed by atoms with Crippen LogP contribution in [0.2, 0.25) is 0 Å². The van der Waals surface area contributed by atoms with Crippen LogP contribution in [0.4, 0.5) is 0 Å². The third kappa shape index (κ3) is 3.63. The second-order valence-corrected chi connectivity index (χ2v) is 4.74. The van der Waals surface area contributed by atoms with Crippen molar-refractivity contribution in [1.29, 1.82) is 0 Å². The highest BCUT2D eigenvalue weighted by atomic mass is 15.3. The molecule has 2 N–H and O–H groups in total. The molecule has 0 aliphatic rings. The Kier molecular flexibility index (Phi) is 4.27. The molecule has 1 aromatic heterocycles. The van der Waals surface area contributed by atoms with Gasteiger partial charge in [-0.2, -0.15) is 0 Å².